The van der Waals surface area contributed by atoms with Gasteiger partial charge in [-0.2, -0.15) is 0 Å². The van der Waals surface area contributed by atoms with Crippen molar-refractivity contribution in [1.29, 1.82) is 0 Å². The van der Waals surface area contributed by atoms with Crippen LogP contribution < -0.4 is 5.32 Å². The molecule has 21 heavy (non-hydrogen) atoms. The number of hydrogen-bond donors (Lipinski definition) is 1. The third-order valence-corrected chi connectivity index (χ3v) is 4.90. The molecule has 2 aliphatic rings. The third kappa shape index (κ3) is 3.80. The molecule has 1 unspecified atom stereocenters. The molecule has 1 aromatic carbocycles. The maximum Gasteiger partial charge on any atom is 0.159 e. The first kappa shape index (κ1) is 14.9. The predicted molar refractivity (Wildman–Crippen MR) is 80.0 cm³/mol. The van der Waals surface area contributed by atoms with Gasteiger partial charge in [-0.25, -0.2) is 8.78 Å². The van der Waals surface area contributed by atoms with Crippen molar-refractivity contribution in [1.82, 2.24) is 10.2 Å². The van der Waals surface area contributed by atoms with Gasteiger partial charge in [-0.1, -0.05) is 25.3 Å². The summed E-state index contributed by atoms with van der Waals surface area (Å²) in [5.74, 6) is -0.725. The van der Waals surface area contributed by atoms with Crippen LogP contribution >= 0.6 is 0 Å². The summed E-state index contributed by atoms with van der Waals surface area (Å²) in [6.07, 6.45) is 6.74. The summed E-state index contributed by atoms with van der Waals surface area (Å²) in [4.78, 5) is 2.36. The van der Waals surface area contributed by atoms with E-state index in [0.29, 0.717) is 12.6 Å². The van der Waals surface area contributed by atoms with Crippen LogP contribution in [0.4, 0.5) is 8.78 Å². The van der Waals surface area contributed by atoms with Crippen LogP contribution in [0.15, 0.2) is 18.2 Å². The van der Waals surface area contributed by atoms with Crippen LogP contribution in [0.2, 0.25) is 0 Å². The van der Waals surface area contributed by atoms with Gasteiger partial charge in [-0.15, -0.1) is 0 Å². The molecule has 0 bridgehead atoms. The summed E-state index contributed by atoms with van der Waals surface area (Å²) in [5.41, 5.74) is 0.859. The Bertz CT molecular complexity index is 472. The third-order valence-electron chi connectivity index (χ3n) is 4.90. The van der Waals surface area contributed by atoms with Crippen LogP contribution in [-0.2, 0) is 6.54 Å². The first-order valence-corrected chi connectivity index (χ1v) is 8.12. The minimum atomic E-state index is -0.765. The lowest BCUT2D eigenvalue weighted by Crippen LogP contribution is -2.53. The SMILES string of the molecule is Fc1ccc(CN2CCNC(C3CCCCC3)C2)cc1F. The molecule has 1 aliphatic heterocycles. The van der Waals surface area contributed by atoms with Gasteiger partial charge in [0.05, 0.1) is 0 Å². The number of benzene rings is 1. The van der Waals surface area contributed by atoms with Crippen LogP contribution in [0.5, 0.6) is 0 Å². The van der Waals surface area contributed by atoms with Gasteiger partial charge in [0, 0.05) is 32.2 Å². The van der Waals surface area contributed by atoms with Crippen LogP contribution in [0.3, 0.4) is 0 Å². The molecule has 1 aliphatic carbocycles. The summed E-state index contributed by atoms with van der Waals surface area (Å²) >= 11 is 0. The van der Waals surface area contributed by atoms with Gasteiger partial charge in [-0.3, -0.25) is 4.90 Å². The molecule has 3 rings (SSSR count). The quantitative estimate of drug-likeness (QED) is 0.920. The maximum atomic E-state index is 13.3. The molecule has 0 radical (unpaired) electrons. The van der Waals surface area contributed by atoms with Crippen LogP contribution in [0, 0.1) is 17.6 Å². The second-order valence-corrected chi connectivity index (χ2v) is 6.44. The molecule has 1 aromatic rings. The Kier molecular flexibility index (Phi) is 4.86. The molecule has 1 atom stereocenters. The molecule has 1 saturated carbocycles. The molecule has 1 heterocycles. The van der Waals surface area contributed by atoms with E-state index in [0.717, 1.165) is 31.1 Å². The average Bonchev–Trinajstić information content (AvgIpc) is 2.52. The van der Waals surface area contributed by atoms with Crippen molar-refractivity contribution < 1.29 is 8.78 Å². The molecule has 1 N–H and O–H groups in total. The molecule has 0 aromatic heterocycles. The predicted octanol–water partition coefficient (Wildman–Crippen LogP) is 3.32. The van der Waals surface area contributed by atoms with Crippen LogP contribution in [0.1, 0.15) is 37.7 Å². The lowest BCUT2D eigenvalue weighted by Gasteiger charge is -2.39. The number of rotatable bonds is 3. The van der Waals surface area contributed by atoms with Crippen LogP contribution in [-0.4, -0.2) is 30.6 Å². The number of halogens is 2. The Hall–Kier alpha value is -1.00. The zero-order valence-electron chi connectivity index (χ0n) is 12.5. The molecule has 2 nitrogen and oxygen atoms in total. The van der Waals surface area contributed by atoms with Gasteiger partial charge >= 0.3 is 0 Å². The fourth-order valence-corrected chi connectivity index (χ4v) is 3.73. The van der Waals surface area contributed by atoms with Gasteiger partial charge < -0.3 is 5.32 Å². The lowest BCUT2D eigenvalue weighted by molar-refractivity contribution is 0.141. The van der Waals surface area contributed by atoms with E-state index in [1.54, 1.807) is 6.07 Å². The summed E-state index contributed by atoms with van der Waals surface area (Å²) in [6.45, 7) is 3.69. The standard InChI is InChI=1S/C17H24F2N2/c18-15-7-6-13(10-16(15)19)11-21-9-8-20-17(12-21)14-4-2-1-3-5-14/h6-7,10,14,17,20H,1-5,8-9,11-12H2. The van der Waals surface area contributed by atoms with E-state index in [9.17, 15) is 8.78 Å². The van der Waals surface area contributed by atoms with E-state index in [1.807, 2.05) is 0 Å². The highest BCUT2D eigenvalue weighted by atomic mass is 19.2. The molecule has 4 heteroatoms. The zero-order chi connectivity index (χ0) is 14.7. The van der Waals surface area contributed by atoms with E-state index >= 15 is 0 Å². The average molecular weight is 294 g/mol. The number of hydrogen-bond acceptors (Lipinski definition) is 2. The number of piperazine rings is 1. The van der Waals surface area contributed by atoms with Crippen LogP contribution in [0.25, 0.3) is 0 Å². The van der Waals surface area contributed by atoms with E-state index in [2.05, 4.69) is 10.2 Å². The first-order chi connectivity index (χ1) is 10.2. The number of nitrogens with one attached hydrogen (secondary N) is 1. The molecule has 116 valence electrons. The van der Waals surface area contributed by atoms with Crippen molar-refractivity contribution in [3.63, 3.8) is 0 Å². The molecule has 0 spiro atoms. The minimum Gasteiger partial charge on any atom is -0.311 e. The topological polar surface area (TPSA) is 15.3 Å². The van der Waals surface area contributed by atoms with Crippen molar-refractivity contribution >= 4 is 0 Å². The second kappa shape index (κ2) is 6.84. The monoisotopic (exact) mass is 294 g/mol. The van der Waals surface area contributed by atoms with Gasteiger partial charge in [0.15, 0.2) is 11.6 Å². The van der Waals surface area contributed by atoms with Crippen molar-refractivity contribution in [3.8, 4) is 0 Å². The van der Waals surface area contributed by atoms with Gasteiger partial charge in [-0.05, 0) is 36.5 Å². The zero-order valence-corrected chi connectivity index (χ0v) is 12.5. The molecule has 2 fully saturated rings. The highest BCUT2D eigenvalue weighted by molar-refractivity contribution is 5.17. The maximum absolute atomic E-state index is 13.3. The Morgan fingerprint density at radius 3 is 2.67 bits per heavy atom. The normalized spacial score (nSPS) is 25.1. The Morgan fingerprint density at radius 2 is 1.90 bits per heavy atom. The Morgan fingerprint density at radius 1 is 1.10 bits per heavy atom. The van der Waals surface area contributed by atoms with Gasteiger partial charge in [0.2, 0.25) is 0 Å². The van der Waals surface area contributed by atoms with E-state index in [1.165, 1.54) is 44.2 Å². The summed E-state index contributed by atoms with van der Waals surface area (Å²) in [6, 6.07) is 4.80. The summed E-state index contributed by atoms with van der Waals surface area (Å²) in [7, 11) is 0. The van der Waals surface area contributed by atoms with Gasteiger partial charge in [0.1, 0.15) is 0 Å². The van der Waals surface area contributed by atoms with E-state index in [-0.39, 0.29) is 0 Å². The summed E-state index contributed by atoms with van der Waals surface area (Å²) in [5, 5.41) is 3.65. The van der Waals surface area contributed by atoms with E-state index < -0.39 is 11.6 Å². The molecular weight excluding hydrogens is 270 g/mol. The van der Waals surface area contributed by atoms with Crippen molar-refractivity contribution in [2.24, 2.45) is 5.92 Å². The molecular formula is C17H24F2N2. The first-order valence-electron chi connectivity index (χ1n) is 8.12. The summed E-state index contributed by atoms with van der Waals surface area (Å²) < 4.78 is 26.3. The van der Waals surface area contributed by atoms with Gasteiger partial charge in [0.25, 0.3) is 0 Å². The van der Waals surface area contributed by atoms with Crippen molar-refractivity contribution in [3.05, 3.63) is 35.4 Å². The largest absolute Gasteiger partial charge is 0.311 e. The lowest BCUT2D eigenvalue weighted by atomic mass is 9.83. The Labute approximate surface area is 125 Å². The highest BCUT2D eigenvalue weighted by Crippen LogP contribution is 2.28. The minimum absolute atomic E-state index is 0.560. The van der Waals surface area contributed by atoms with Crippen molar-refractivity contribution in [2.75, 3.05) is 19.6 Å². The highest BCUT2D eigenvalue weighted by Gasteiger charge is 2.27. The smallest absolute Gasteiger partial charge is 0.159 e. The number of nitrogens with zero attached hydrogens (tertiary/aromatic N) is 1. The fourth-order valence-electron chi connectivity index (χ4n) is 3.73. The Balaban J connectivity index is 1.59. The fraction of sp³-hybridized carbons (Fsp3) is 0.647. The van der Waals surface area contributed by atoms with E-state index in [4.69, 9.17) is 0 Å². The second-order valence-electron chi connectivity index (χ2n) is 6.44. The van der Waals surface area contributed by atoms with Crippen molar-refractivity contribution in [2.45, 2.75) is 44.7 Å². The molecule has 0 amide bonds. The molecule has 1 saturated heterocycles.